The maximum Gasteiger partial charge on any atom is 0.560 e. The van der Waals surface area contributed by atoms with Crippen molar-refractivity contribution in [2.45, 2.75) is 12.8 Å². The molecule has 0 rings (SSSR count). The fourth-order valence-electron chi connectivity index (χ4n) is 0.155. The largest absolute Gasteiger partial charge is 0.560 e. The first-order valence-electron chi connectivity index (χ1n) is 2.41. The summed E-state index contributed by atoms with van der Waals surface area (Å²) < 4.78 is 0. The van der Waals surface area contributed by atoms with Gasteiger partial charge in [0.2, 0.25) is 0 Å². The van der Waals surface area contributed by atoms with Crippen molar-refractivity contribution in [2.24, 2.45) is 0 Å². The maximum absolute atomic E-state index is 6.40. The highest BCUT2D eigenvalue weighted by Gasteiger charge is 1.73. The molecule has 49 valence electrons. The smallest absolute Gasteiger partial charge is 0.280 e. The topological polar surface area (TPSA) is 0 Å². The van der Waals surface area contributed by atoms with Crippen molar-refractivity contribution >= 4 is 53.4 Å². The Morgan fingerprint density at radius 2 is 2.00 bits per heavy atom. The summed E-state index contributed by atoms with van der Waals surface area (Å²) in [5.74, 6) is 2.88. The molecule has 0 saturated carbocycles. The van der Waals surface area contributed by atoms with Crippen LogP contribution in [0.5, 0.6) is 0 Å². The highest BCUT2D eigenvalue weighted by atomic mass is 79.9. The summed E-state index contributed by atoms with van der Waals surface area (Å²) in [6, 6.07) is 0. The lowest BCUT2D eigenvalue weighted by Gasteiger charge is -1.77. The van der Waals surface area contributed by atoms with E-state index in [4.69, 9.17) is 18.0 Å². The van der Waals surface area contributed by atoms with Crippen LogP contribution in [0.15, 0.2) is 0 Å². The molecule has 0 nitrogen and oxygen atoms in total. The van der Waals surface area contributed by atoms with E-state index in [0.29, 0.717) is 12.3 Å². The van der Waals surface area contributed by atoms with Gasteiger partial charge >= 0.3 is 16.0 Å². The second kappa shape index (κ2) is 16.3. The fourth-order valence-corrected chi connectivity index (χ4v) is 0.289. The minimum atomic E-state index is 0.0417. The number of rotatable bonds is 2. The average molecular weight is 286 g/mol. The molecule has 0 N–H and O–H groups in total. The third kappa shape index (κ3) is 26.2. The van der Waals surface area contributed by atoms with E-state index in [0.717, 1.165) is 6.42 Å². The minimum absolute atomic E-state index is 0.0417. The van der Waals surface area contributed by atoms with Gasteiger partial charge in [-0.3, -0.25) is 25.8 Å². The Morgan fingerprint density at radius 1 is 1.56 bits per heavy atom. The highest BCUT2D eigenvalue weighted by molar-refractivity contribution is 9.47. The van der Waals surface area contributed by atoms with E-state index >= 15 is 0 Å². The highest BCUT2D eigenvalue weighted by Crippen LogP contribution is 1.86. The zero-order chi connectivity index (χ0) is 7.54. The molecular formula is C5H6Br2ClMg. The van der Waals surface area contributed by atoms with E-state index in [9.17, 15) is 0 Å². The number of unbranched alkanes of at least 4 members (excludes halogenated alkanes) is 1. The molecule has 0 fully saturated rings. The third-order valence-corrected chi connectivity index (χ3v) is 0.703. The van der Waals surface area contributed by atoms with Crippen molar-refractivity contribution in [3.05, 3.63) is 6.42 Å². The van der Waals surface area contributed by atoms with Gasteiger partial charge in [0.15, 0.2) is 0 Å². The summed E-state index contributed by atoms with van der Waals surface area (Å²) in [6.45, 7) is 0. The lowest BCUT2D eigenvalue weighted by atomic mass is 10.4. The fraction of sp³-hybridized carbons (Fsp3) is 0.600. The molecule has 0 aliphatic rings. The lowest BCUT2D eigenvalue weighted by molar-refractivity contribution is 0.991. The number of hydrogen-bond donors (Lipinski definition) is 0. The van der Waals surface area contributed by atoms with Crippen LogP contribution in [-0.4, -0.2) is 21.9 Å². The Morgan fingerprint density at radius 3 is 2.11 bits per heavy atom. The number of halogens is 3. The van der Waals surface area contributed by atoms with Crippen molar-refractivity contribution in [1.82, 2.24) is 0 Å². The van der Waals surface area contributed by atoms with Crippen LogP contribution in [0.25, 0.3) is 0 Å². The van der Waals surface area contributed by atoms with Gasteiger partial charge in [0, 0.05) is 12.3 Å². The SMILES string of the molecule is [Br][Mg][Br].[C]#CCCCCl. The summed E-state index contributed by atoms with van der Waals surface area (Å²) in [6.07, 6.45) is 7.98. The maximum atomic E-state index is 6.40. The first-order chi connectivity index (χ1) is 4.33. The molecule has 0 spiro atoms. The Balaban J connectivity index is 0. The van der Waals surface area contributed by atoms with Gasteiger partial charge in [0.1, 0.15) is 0 Å². The zero-order valence-electron chi connectivity index (χ0n) is 4.96. The molecule has 0 aromatic rings. The summed E-state index contributed by atoms with van der Waals surface area (Å²) >= 11 is 11.7. The minimum Gasteiger partial charge on any atom is -0.280 e. The van der Waals surface area contributed by atoms with E-state index in [1.165, 1.54) is 0 Å². The first kappa shape index (κ1) is 13.2. The molecule has 0 aromatic carbocycles. The van der Waals surface area contributed by atoms with Crippen LogP contribution in [-0.2, 0) is 0 Å². The van der Waals surface area contributed by atoms with Crippen molar-refractivity contribution in [2.75, 3.05) is 5.88 Å². The van der Waals surface area contributed by atoms with Gasteiger partial charge in [-0.1, -0.05) is 5.92 Å². The Bertz CT molecular complexity index is 71.8. The molecule has 0 aliphatic heterocycles. The quantitative estimate of drug-likeness (QED) is 0.317. The first-order valence-corrected chi connectivity index (χ1v) is 10.7. The number of alkyl halides is 1. The zero-order valence-corrected chi connectivity index (χ0v) is 10.3. The molecule has 0 amide bonds. The Kier molecular flexibility index (Phi) is 23.9. The van der Waals surface area contributed by atoms with Crippen LogP contribution >= 0.6 is 37.4 Å². The van der Waals surface area contributed by atoms with Crippen LogP contribution < -0.4 is 0 Å². The second-order valence-electron chi connectivity index (χ2n) is 1.07. The van der Waals surface area contributed by atoms with Gasteiger partial charge in [0.05, 0.1) is 0 Å². The monoisotopic (exact) mass is 283 g/mol. The predicted octanol–water partition coefficient (Wildman–Crippen LogP) is 2.91. The van der Waals surface area contributed by atoms with E-state index in [-0.39, 0.29) is 16.0 Å². The van der Waals surface area contributed by atoms with Crippen molar-refractivity contribution in [3.8, 4) is 5.92 Å². The normalized spacial score (nSPS) is 6.00. The third-order valence-electron chi connectivity index (χ3n) is 0.435. The van der Waals surface area contributed by atoms with Crippen molar-refractivity contribution < 1.29 is 0 Å². The van der Waals surface area contributed by atoms with Crippen LogP contribution in [0.1, 0.15) is 12.8 Å². The van der Waals surface area contributed by atoms with Gasteiger partial charge in [-0.2, -0.15) is 0 Å². The average Bonchev–Trinajstić information content (AvgIpc) is 1.86. The number of hydrogen-bond acceptors (Lipinski definition) is 0. The molecule has 9 heavy (non-hydrogen) atoms. The molecule has 4 heteroatoms. The van der Waals surface area contributed by atoms with Gasteiger partial charge in [0.25, 0.3) is 0 Å². The van der Waals surface area contributed by atoms with Crippen molar-refractivity contribution in [1.29, 1.82) is 0 Å². The van der Waals surface area contributed by atoms with Crippen LogP contribution in [0.2, 0.25) is 0 Å². The molecular weight excluding hydrogens is 280 g/mol. The summed E-state index contributed by atoms with van der Waals surface area (Å²) in [7, 11) is 0. The van der Waals surface area contributed by atoms with E-state index in [1.54, 1.807) is 0 Å². The predicted molar refractivity (Wildman–Crippen MR) is 50.7 cm³/mol. The van der Waals surface area contributed by atoms with Gasteiger partial charge in [-0.15, -0.1) is 11.6 Å². The molecule has 0 aromatic heterocycles. The summed E-state index contributed by atoms with van der Waals surface area (Å²) in [5, 5.41) is 0. The molecule has 0 atom stereocenters. The van der Waals surface area contributed by atoms with Crippen LogP contribution in [0, 0.1) is 12.3 Å². The Labute approximate surface area is 83.6 Å². The van der Waals surface area contributed by atoms with Crippen LogP contribution in [0.3, 0.4) is 0 Å². The molecule has 1 radical (unpaired) electrons. The van der Waals surface area contributed by atoms with E-state index in [1.807, 2.05) is 0 Å². The molecule has 0 saturated heterocycles. The Hall–Kier alpha value is 1.58. The summed E-state index contributed by atoms with van der Waals surface area (Å²) in [4.78, 5) is 0. The second-order valence-corrected chi connectivity index (χ2v) is 9.53. The van der Waals surface area contributed by atoms with E-state index in [2.05, 4.69) is 31.7 Å². The van der Waals surface area contributed by atoms with Gasteiger partial charge in [-0.05, 0) is 12.8 Å². The van der Waals surface area contributed by atoms with Gasteiger partial charge < -0.3 is 0 Å². The molecule has 0 heterocycles. The molecule has 0 unspecified atom stereocenters. The molecule has 0 aliphatic carbocycles. The van der Waals surface area contributed by atoms with Crippen LogP contribution in [0.4, 0.5) is 0 Å². The summed E-state index contributed by atoms with van der Waals surface area (Å²) in [5.41, 5.74) is 0. The van der Waals surface area contributed by atoms with Gasteiger partial charge in [-0.25, -0.2) is 0 Å². The van der Waals surface area contributed by atoms with E-state index < -0.39 is 0 Å². The lowest BCUT2D eigenvalue weighted by Crippen LogP contribution is -1.68. The van der Waals surface area contributed by atoms with Crippen molar-refractivity contribution in [3.63, 3.8) is 0 Å². The standard InChI is InChI=1S/C5H6Cl.2BrH.Mg/c1-2-3-4-5-6;;;/h3-5H2;2*1H;/q;;;+2/p-2. The molecule has 0 bridgehead atoms.